The van der Waals surface area contributed by atoms with Crippen molar-refractivity contribution in [3.8, 4) is 0 Å². The van der Waals surface area contributed by atoms with Gasteiger partial charge in [-0.05, 0) is 6.04 Å². The van der Waals surface area contributed by atoms with Crippen molar-refractivity contribution < 1.29 is 8.23 Å². The first-order valence-electron chi connectivity index (χ1n) is 9.16. The van der Waals surface area contributed by atoms with Gasteiger partial charge < -0.3 is 8.23 Å². The second-order valence-corrected chi connectivity index (χ2v) is 10.6. The molecule has 1 rings (SSSR count). The van der Waals surface area contributed by atoms with Crippen molar-refractivity contribution in [3.05, 3.63) is 0 Å². The van der Waals surface area contributed by atoms with Crippen LogP contribution in [0.4, 0.5) is 0 Å². The molecule has 120 valence electrons. The van der Waals surface area contributed by atoms with Gasteiger partial charge in [-0.15, -0.1) is 0 Å². The standard InChI is InChI=1S/C16H36O2Si2/c1-2-3-4-5-6-7-8-9-10-11-12-13-14-15-16-20-17-19-18-20/h20H,2-16,19H2,1H3. The molecule has 0 aromatic heterocycles. The van der Waals surface area contributed by atoms with E-state index < -0.39 is 19.3 Å². The third-order valence-electron chi connectivity index (χ3n) is 4.30. The maximum absolute atomic E-state index is 5.50. The van der Waals surface area contributed by atoms with Gasteiger partial charge in [-0.2, -0.15) is 0 Å². The lowest BCUT2D eigenvalue weighted by Gasteiger charge is -2.25. The number of unbranched alkanes of at least 4 members (excludes halogenated alkanes) is 13. The Kier molecular flexibility index (Phi) is 13.2. The fourth-order valence-corrected chi connectivity index (χ4v) is 6.11. The van der Waals surface area contributed by atoms with Crippen molar-refractivity contribution in [2.75, 3.05) is 0 Å². The van der Waals surface area contributed by atoms with Crippen molar-refractivity contribution in [2.24, 2.45) is 0 Å². The third kappa shape index (κ3) is 11.1. The molecule has 4 heteroatoms. The normalized spacial score (nSPS) is 19.4. The molecule has 0 aliphatic carbocycles. The smallest absolute Gasteiger partial charge is 0.303 e. The second-order valence-electron chi connectivity index (χ2n) is 6.27. The average molecular weight is 317 g/mol. The van der Waals surface area contributed by atoms with Crippen molar-refractivity contribution in [1.82, 2.24) is 0 Å². The summed E-state index contributed by atoms with van der Waals surface area (Å²) in [5.74, 6) is 0. The molecule has 1 heterocycles. The number of rotatable bonds is 15. The van der Waals surface area contributed by atoms with Gasteiger partial charge in [0, 0.05) is 0 Å². The summed E-state index contributed by atoms with van der Waals surface area (Å²) in [5, 5.41) is 0. The summed E-state index contributed by atoms with van der Waals surface area (Å²) in [6.45, 7) is 2.29. The van der Waals surface area contributed by atoms with Crippen LogP contribution in [0, 0.1) is 0 Å². The maximum Gasteiger partial charge on any atom is 0.303 e. The summed E-state index contributed by atoms with van der Waals surface area (Å²) in [7, 11) is -1.47. The first kappa shape index (κ1) is 18.4. The first-order chi connectivity index (χ1) is 9.93. The van der Waals surface area contributed by atoms with E-state index in [4.69, 9.17) is 8.23 Å². The monoisotopic (exact) mass is 316 g/mol. The van der Waals surface area contributed by atoms with E-state index >= 15 is 0 Å². The molecule has 0 spiro atoms. The number of hydrogen-bond acceptors (Lipinski definition) is 2. The van der Waals surface area contributed by atoms with Crippen LogP contribution in [0.2, 0.25) is 6.04 Å². The zero-order chi connectivity index (χ0) is 14.3. The fourth-order valence-electron chi connectivity index (χ4n) is 2.84. The molecule has 2 nitrogen and oxygen atoms in total. The fraction of sp³-hybridized carbons (Fsp3) is 1.00. The van der Waals surface area contributed by atoms with Crippen LogP contribution in [0.3, 0.4) is 0 Å². The predicted octanol–water partition coefficient (Wildman–Crippen LogP) is 4.73. The molecule has 0 saturated carbocycles. The molecule has 0 unspecified atom stereocenters. The molecule has 0 atom stereocenters. The molecular weight excluding hydrogens is 280 g/mol. The molecule has 20 heavy (non-hydrogen) atoms. The lowest BCUT2D eigenvalue weighted by atomic mass is 10.0. The van der Waals surface area contributed by atoms with Gasteiger partial charge in [0.1, 0.15) is 0 Å². The highest BCUT2D eigenvalue weighted by Crippen LogP contribution is 2.15. The zero-order valence-electron chi connectivity index (χ0n) is 13.7. The topological polar surface area (TPSA) is 18.5 Å². The van der Waals surface area contributed by atoms with E-state index in [1.807, 2.05) is 0 Å². The minimum absolute atomic E-state index is 0.445. The molecule has 0 amide bonds. The van der Waals surface area contributed by atoms with Gasteiger partial charge >= 0.3 is 9.28 Å². The first-order valence-corrected chi connectivity index (χ1v) is 12.1. The largest absolute Gasteiger partial charge is 0.422 e. The van der Waals surface area contributed by atoms with Crippen LogP contribution in [0.1, 0.15) is 96.8 Å². The van der Waals surface area contributed by atoms with Gasteiger partial charge in [-0.25, -0.2) is 0 Å². The Hall–Kier alpha value is 0.354. The van der Waals surface area contributed by atoms with E-state index in [1.54, 1.807) is 0 Å². The van der Waals surface area contributed by atoms with Gasteiger partial charge in [0.25, 0.3) is 10.0 Å². The van der Waals surface area contributed by atoms with Crippen LogP contribution in [0.5, 0.6) is 0 Å². The Labute approximate surface area is 130 Å². The molecule has 0 aromatic carbocycles. The molecule has 1 saturated heterocycles. The Bertz CT molecular complexity index is 199. The van der Waals surface area contributed by atoms with Crippen LogP contribution in [-0.2, 0) is 8.23 Å². The van der Waals surface area contributed by atoms with Crippen LogP contribution in [0.15, 0.2) is 0 Å². The van der Waals surface area contributed by atoms with E-state index in [1.165, 1.54) is 95.9 Å². The van der Waals surface area contributed by atoms with Crippen LogP contribution in [0.25, 0.3) is 0 Å². The zero-order valence-corrected chi connectivity index (χ0v) is 16.3. The van der Waals surface area contributed by atoms with Crippen LogP contribution in [-0.4, -0.2) is 19.3 Å². The van der Waals surface area contributed by atoms with E-state index in [2.05, 4.69) is 6.92 Å². The highest BCUT2D eigenvalue weighted by molar-refractivity contribution is 6.64. The SMILES string of the molecule is CCCCCCCCCCCCCCCC[SiH]1O[SiH2]O1. The highest BCUT2D eigenvalue weighted by Gasteiger charge is 2.20. The minimum atomic E-state index is -1.03. The van der Waals surface area contributed by atoms with Crippen molar-refractivity contribution >= 4 is 19.3 Å². The number of hydrogen-bond donors (Lipinski definition) is 0. The second kappa shape index (κ2) is 14.3. The maximum atomic E-state index is 5.50. The van der Waals surface area contributed by atoms with Gasteiger partial charge in [0.2, 0.25) is 0 Å². The lowest BCUT2D eigenvalue weighted by molar-refractivity contribution is 0.309. The molecular formula is C16H36O2Si2. The van der Waals surface area contributed by atoms with Gasteiger partial charge in [-0.1, -0.05) is 96.8 Å². The average Bonchev–Trinajstić information content (AvgIpc) is 2.41. The molecule has 0 N–H and O–H groups in total. The lowest BCUT2D eigenvalue weighted by Crippen LogP contribution is -2.38. The Morgan fingerprint density at radius 3 is 1.35 bits per heavy atom. The quantitative estimate of drug-likeness (QED) is 0.321. The Morgan fingerprint density at radius 2 is 1.00 bits per heavy atom. The van der Waals surface area contributed by atoms with Crippen molar-refractivity contribution in [3.63, 3.8) is 0 Å². The Balaban J connectivity index is 1.62. The summed E-state index contributed by atoms with van der Waals surface area (Å²) in [6, 6.07) is 1.27. The van der Waals surface area contributed by atoms with E-state index in [-0.39, 0.29) is 0 Å². The van der Waals surface area contributed by atoms with Gasteiger partial charge in [0.05, 0.1) is 0 Å². The molecule has 0 radical (unpaired) electrons. The molecule has 1 fully saturated rings. The van der Waals surface area contributed by atoms with E-state index in [0.717, 1.165) is 0 Å². The predicted molar refractivity (Wildman–Crippen MR) is 93.0 cm³/mol. The van der Waals surface area contributed by atoms with Crippen LogP contribution >= 0.6 is 0 Å². The van der Waals surface area contributed by atoms with Crippen LogP contribution < -0.4 is 0 Å². The van der Waals surface area contributed by atoms with Crippen molar-refractivity contribution in [2.45, 2.75) is 103 Å². The summed E-state index contributed by atoms with van der Waals surface area (Å²) >= 11 is 0. The Morgan fingerprint density at radius 1 is 0.600 bits per heavy atom. The summed E-state index contributed by atoms with van der Waals surface area (Å²) in [4.78, 5) is 0. The summed E-state index contributed by atoms with van der Waals surface area (Å²) in [6.07, 6.45) is 20.1. The highest BCUT2D eigenvalue weighted by atomic mass is 28.4. The van der Waals surface area contributed by atoms with Gasteiger partial charge in [-0.3, -0.25) is 0 Å². The summed E-state index contributed by atoms with van der Waals surface area (Å²) < 4.78 is 11.0. The summed E-state index contributed by atoms with van der Waals surface area (Å²) in [5.41, 5.74) is 0. The molecule has 0 aromatic rings. The minimum Gasteiger partial charge on any atom is -0.422 e. The molecule has 0 bridgehead atoms. The third-order valence-corrected chi connectivity index (χ3v) is 9.24. The van der Waals surface area contributed by atoms with E-state index in [0.29, 0.717) is 0 Å². The van der Waals surface area contributed by atoms with E-state index in [9.17, 15) is 0 Å². The molecule has 1 aliphatic heterocycles. The van der Waals surface area contributed by atoms with Crippen molar-refractivity contribution in [1.29, 1.82) is 0 Å². The molecule has 1 aliphatic rings. The van der Waals surface area contributed by atoms with Gasteiger partial charge in [0.15, 0.2) is 0 Å².